The van der Waals surface area contributed by atoms with Gasteiger partial charge in [0.15, 0.2) is 5.13 Å². The van der Waals surface area contributed by atoms with Crippen LogP contribution in [0.2, 0.25) is 0 Å². The van der Waals surface area contributed by atoms with Crippen LogP contribution in [0.1, 0.15) is 23.0 Å². The van der Waals surface area contributed by atoms with Crippen LogP contribution >= 0.6 is 22.7 Å². The number of benzene rings is 2. The minimum Gasteiger partial charge on any atom is -0.494 e. The Morgan fingerprint density at radius 3 is 2.59 bits per heavy atom. The fourth-order valence-corrected chi connectivity index (χ4v) is 4.45. The highest BCUT2D eigenvalue weighted by Gasteiger charge is 2.20. The van der Waals surface area contributed by atoms with Gasteiger partial charge in [-0.25, -0.2) is 9.37 Å². The number of nitro groups is 1. The second kappa shape index (κ2) is 10.4. The first kappa shape index (κ1) is 23.3. The average molecular weight is 500 g/mol. The van der Waals surface area contributed by atoms with Gasteiger partial charge in [0.2, 0.25) is 5.06 Å². The zero-order chi connectivity index (χ0) is 24.1. The van der Waals surface area contributed by atoms with Crippen LogP contribution in [0.15, 0.2) is 60.7 Å². The molecule has 0 bridgehead atoms. The second-order valence-electron chi connectivity index (χ2n) is 6.94. The summed E-state index contributed by atoms with van der Waals surface area (Å²) in [7, 11) is 0. The Bertz CT molecular complexity index is 1320. The number of carbonyl (C=O) groups excluding carboxylic acids is 1. The molecule has 2 heterocycles. The summed E-state index contributed by atoms with van der Waals surface area (Å²) in [5, 5.41) is 14.0. The van der Waals surface area contributed by atoms with Gasteiger partial charge < -0.3 is 9.47 Å². The topological polar surface area (TPSA) is 104 Å². The summed E-state index contributed by atoms with van der Waals surface area (Å²) in [5.41, 5.74) is 1.16. The molecule has 34 heavy (non-hydrogen) atoms. The van der Waals surface area contributed by atoms with Crippen molar-refractivity contribution in [1.29, 1.82) is 0 Å². The van der Waals surface area contributed by atoms with E-state index in [9.17, 15) is 19.3 Å². The maximum absolute atomic E-state index is 13.7. The van der Waals surface area contributed by atoms with Gasteiger partial charge in [-0.15, -0.1) is 0 Å². The van der Waals surface area contributed by atoms with Crippen molar-refractivity contribution >= 4 is 38.7 Å². The number of ether oxygens (including phenoxy) is 2. The van der Waals surface area contributed by atoms with E-state index in [1.165, 1.54) is 30.3 Å². The highest BCUT2D eigenvalue weighted by atomic mass is 32.1. The quantitative estimate of drug-likeness (QED) is 0.202. The third-order valence-electron chi connectivity index (χ3n) is 4.42. The number of thiazole rings is 1. The molecule has 0 spiro atoms. The van der Waals surface area contributed by atoms with Gasteiger partial charge in [-0.3, -0.25) is 20.2 Å². The molecule has 11 heteroatoms. The predicted molar refractivity (Wildman–Crippen MR) is 129 cm³/mol. The standard InChI is InChI=1S/C23H18FN3O5S2/c1-2-12-31-16-8-6-14(7-9-16)20-22(32-17-5-3-4-15(24)13-17)34-23(25-20)26-21(28)18-10-11-19(33-18)27(29)30/h3-11,13H,2,12H2,1H3,(H,25,26,28). The predicted octanol–water partition coefficient (Wildman–Crippen LogP) is 6.75. The maximum Gasteiger partial charge on any atom is 0.324 e. The van der Waals surface area contributed by atoms with E-state index in [-0.39, 0.29) is 20.8 Å². The molecule has 0 atom stereocenters. The van der Waals surface area contributed by atoms with Crippen molar-refractivity contribution < 1.29 is 23.6 Å². The molecule has 0 aliphatic carbocycles. The molecule has 0 saturated carbocycles. The van der Waals surface area contributed by atoms with Gasteiger partial charge in [-0.1, -0.05) is 35.7 Å². The van der Waals surface area contributed by atoms with E-state index >= 15 is 0 Å². The summed E-state index contributed by atoms with van der Waals surface area (Å²) < 4.78 is 25.2. The molecule has 2 aromatic carbocycles. The molecule has 2 aromatic heterocycles. The number of carbonyl (C=O) groups is 1. The van der Waals surface area contributed by atoms with Crippen LogP contribution in [0.5, 0.6) is 16.6 Å². The summed E-state index contributed by atoms with van der Waals surface area (Å²) in [6.45, 7) is 2.62. The molecule has 4 aromatic rings. The van der Waals surface area contributed by atoms with E-state index in [1.54, 1.807) is 18.2 Å². The van der Waals surface area contributed by atoms with Crippen molar-refractivity contribution in [3.63, 3.8) is 0 Å². The molecule has 0 aliphatic rings. The van der Waals surface area contributed by atoms with Crippen LogP contribution in [-0.4, -0.2) is 22.4 Å². The van der Waals surface area contributed by atoms with Gasteiger partial charge in [-0.2, -0.15) is 0 Å². The fraction of sp³-hybridized carbons (Fsp3) is 0.130. The first-order chi connectivity index (χ1) is 16.4. The monoisotopic (exact) mass is 499 g/mol. The third kappa shape index (κ3) is 5.56. The van der Waals surface area contributed by atoms with Crippen LogP contribution in [-0.2, 0) is 0 Å². The summed E-state index contributed by atoms with van der Waals surface area (Å²) in [4.78, 5) is 27.6. The lowest BCUT2D eigenvalue weighted by atomic mass is 10.1. The van der Waals surface area contributed by atoms with Gasteiger partial charge >= 0.3 is 5.00 Å². The number of hydrogen-bond acceptors (Lipinski definition) is 8. The lowest BCUT2D eigenvalue weighted by Crippen LogP contribution is -2.09. The minimum absolute atomic E-state index is 0.134. The number of thiophene rings is 1. The largest absolute Gasteiger partial charge is 0.494 e. The van der Waals surface area contributed by atoms with Crippen LogP contribution in [0, 0.1) is 15.9 Å². The molecule has 1 N–H and O–H groups in total. The lowest BCUT2D eigenvalue weighted by Gasteiger charge is -2.07. The van der Waals surface area contributed by atoms with Gasteiger partial charge in [0.25, 0.3) is 5.91 Å². The van der Waals surface area contributed by atoms with Crippen LogP contribution < -0.4 is 14.8 Å². The minimum atomic E-state index is -0.554. The lowest BCUT2D eigenvalue weighted by molar-refractivity contribution is -0.380. The number of nitrogens with one attached hydrogen (secondary N) is 1. The molecule has 0 saturated heterocycles. The van der Waals surface area contributed by atoms with E-state index in [2.05, 4.69) is 10.3 Å². The van der Waals surface area contributed by atoms with Crippen molar-refractivity contribution in [2.75, 3.05) is 11.9 Å². The third-order valence-corrected chi connectivity index (χ3v) is 6.30. The first-order valence-corrected chi connectivity index (χ1v) is 11.8. The van der Waals surface area contributed by atoms with Gasteiger partial charge in [0.05, 0.1) is 16.4 Å². The van der Waals surface area contributed by atoms with E-state index < -0.39 is 16.6 Å². The molecular weight excluding hydrogens is 481 g/mol. The Hall–Kier alpha value is -3.83. The van der Waals surface area contributed by atoms with Crippen LogP contribution in [0.3, 0.4) is 0 Å². The van der Waals surface area contributed by atoms with Crippen LogP contribution in [0.25, 0.3) is 11.3 Å². The first-order valence-electron chi connectivity index (χ1n) is 10.2. The Balaban J connectivity index is 1.63. The van der Waals surface area contributed by atoms with Crippen molar-refractivity contribution in [2.24, 2.45) is 0 Å². The fourth-order valence-electron chi connectivity index (χ4n) is 2.88. The van der Waals surface area contributed by atoms with E-state index in [0.29, 0.717) is 28.7 Å². The Kier molecular flexibility index (Phi) is 7.14. The number of anilines is 1. The van der Waals surface area contributed by atoms with Crippen molar-refractivity contribution in [1.82, 2.24) is 4.98 Å². The number of aromatic nitrogens is 1. The number of nitrogens with zero attached hydrogens (tertiary/aromatic N) is 2. The molecule has 0 fully saturated rings. The zero-order valence-electron chi connectivity index (χ0n) is 17.8. The van der Waals surface area contributed by atoms with Crippen LogP contribution in [0.4, 0.5) is 14.5 Å². The van der Waals surface area contributed by atoms with E-state index in [0.717, 1.165) is 29.1 Å². The molecule has 0 unspecified atom stereocenters. The van der Waals surface area contributed by atoms with E-state index in [4.69, 9.17) is 9.47 Å². The smallest absolute Gasteiger partial charge is 0.324 e. The second-order valence-corrected chi connectivity index (χ2v) is 8.96. The van der Waals surface area contributed by atoms with Gasteiger partial charge in [0, 0.05) is 17.7 Å². The highest BCUT2D eigenvalue weighted by molar-refractivity contribution is 7.19. The number of hydrogen-bond donors (Lipinski definition) is 1. The van der Waals surface area contributed by atoms with Crippen molar-refractivity contribution in [3.8, 4) is 27.8 Å². The van der Waals surface area contributed by atoms with E-state index in [1.807, 2.05) is 19.1 Å². The summed E-state index contributed by atoms with van der Waals surface area (Å²) in [6, 6.07) is 15.6. The Morgan fingerprint density at radius 1 is 1.12 bits per heavy atom. The summed E-state index contributed by atoms with van der Waals surface area (Å²) in [5.74, 6) is 0.00799. The Morgan fingerprint density at radius 2 is 1.91 bits per heavy atom. The number of rotatable bonds is 9. The molecular formula is C23H18FN3O5S2. The summed E-state index contributed by atoms with van der Waals surface area (Å²) >= 11 is 1.83. The normalized spacial score (nSPS) is 10.6. The SMILES string of the molecule is CCCOc1ccc(-c2nc(NC(=O)c3ccc([N+](=O)[O-])s3)sc2Oc2cccc(F)c2)cc1. The molecule has 8 nitrogen and oxygen atoms in total. The molecule has 4 rings (SSSR count). The maximum atomic E-state index is 13.7. The van der Waals surface area contributed by atoms with Crippen molar-refractivity contribution in [3.05, 3.63) is 81.5 Å². The molecule has 174 valence electrons. The molecule has 1 amide bonds. The zero-order valence-corrected chi connectivity index (χ0v) is 19.5. The van der Waals surface area contributed by atoms with Crippen molar-refractivity contribution in [2.45, 2.75) is 13.3 Å². The molecule has 0 aliphatic heterocycles. The Labute approximate surface area is 201 Å². The average Bonchev–Trinajstić information content (AvgIpc) is 3.46. The number of amides is 1. The summed E-state index contributed by atoms with van der Waals surface area (Å²) in [6.07, 6.45) is 0.885. The molecule has 0 radical (unpaired) electrons. The number of halogens is 1. The highest BCUT2D eigenvalue weighted by Crippen LogP contribution is 2.41. The van der Waals surface area contributed by atoms with Gasteiger partial charge in [-0.05, 0) is 48.9 Å². The van der Waals surface area contributed by atoms with Gasteiger partial charge in [0.1, 0.15) is 23.0 Å².